The first-order chi connectivity index (χ1) is 19.5. The number of nitrogens with one attached hydrogen (secondary N) is 1. The summed E-state index contributed by atoms with van der Waals surface area (Å²) >= 11 is 5.76. The van der Waals surface area contributed by atoms with Crippen molar-refractivity contribution in [2.75, 3.05) is 26.2 Å². The highest BCUT2D eigenvalue weighted by molar-refractivity contribution is 6.64. The Balaban J connectivity index is 0.000000123. The lowest BCUT2D eigenvalue weighted by Crippen LogP contribution is -2.56. The van der Waals surface area contributed by atoms with Gasteiger partial charge in [0.05, 0.1) is 5.41 Å². The van der Waals surface area contributed by atoms with Crippen LogP contribution in [0.1, 0.15) is 118 Å². The molecular weight excluding hydrogens is 528 g/mol. The average Bonchev–Trinajstić information content (AvgIpc) is 2.87. The molecule has 0 aromatic heterocycles. The van der Waals surface area contributed by atoms with Crippen molar-refractivity contribution >= 4 is 22.8 Å². The van der Waals surface area contributed by atoms with Gasteiger partial charge in [0.25, 0.3) is 0 Å². The number of halogens is 1. The van der Waals surface area contributed by atoms with Gasteiger partial charge >= 0.3 is 0 Å². The molecule has 0 spiro atoms. The van der Waals surface area contributed by atoms with Gasteiger partial charge in [0.15, 0.2) is 0 Å². The summed E-state index contributed by atoms with van der Waals surface area (Å²) in [6.07, 6.45) is 18.1. The summed E-state index contributed by atoms with van der Waals surface area (Å²) in [6.45, 7) is 13.7. The largest absolute Gasteiger partial charge is 0.342 e. The molecule has 10 rings (SSSR count). The van der Waals surface area contributed by atoms with E-state index < -0.39 is 0 Å². The highest BCUT2D eigenvalue weighted by Gasteiger charge is 2.56. The first kappa shape index (κ1) is 30.4. The van der Waals surface area contributed by atoms with Gasteiger partial charge in [0, 0.05) is 18.5 Å². The fourth-order valence-corrected chi connectivity index (χ4v) is 12.5. The van der Waals surface area contributed by atoms with Crippen LogP contribution in [0.3, 0.4) is 0 Å². The average molecular weight is 587 g/mol. The van der Waals surface area contributed by atoms with E-state index in [4.69, 9.17) is 11.6 Å². The number of carbonyl (C=O) groups excluding carboxylic acids is 2. The van der Waals surface area contributed by atoms with Gasteiger partial charge in [-0.2, -0.15) is 0 Å². The molecule has 5 heteroatoms. The summed E-state index contributed by atoms with van der Waals surface area (Å²) in [6, 6.07) is 0. The Hall–Kier alpha value is -0.610. The van der Waals surface area contributed by atoms with Gasteiger partial charge in [-0.25, -0.2) is 0 Å². The van der Waals surface area contributed by atoms with Gasteiger partial charge in [-0.1, -0.05) is 27.7 Å². The Labute approximate surface area is 255 Å². The number of rotatable bonds is 2. The second-order valence-electron chi connectivity index (χ2n) is 17.4. The molecule has 232 valence electrons. The fraction of sp³-hybridized carbons (Fsp3) is 0.944. The molecule has 2 heterocycles. The molecule has 41 heavy (non-hydrogen) atoms. The summed E-state index contributed by atoms with van der Waals surface area (Å²) in [5.74, 6) is 8.86. The normalized spacial score (nSPS) is 49.0. The van der Waals surface area contributed by atoms with Gasteiger partial charge in [0.1, 0.15) is 0 Å². The molecule has 2 aliphatic heterocycles. The minimum atomic E-state index is -0.0731. The highest BCUT2D eigenvalue weighted by atomic mass is 35.5. The second-order valence-corrected chi connectivity index (χ2v) is 17.8. The number of carbonyl (C=O) groups is 2. The molecule has 0 aromatic carbocycles. The zero-order chi connectivity index (χ0) is 28.9. The lowest BCUT2D eigenvalue weighted by atomic mass is 9.49. The van der Waals surface area contributed by atoms with Crippen molar-refractivity contribution in [3.63, 3.8) is 0 Å². The van der Waals surface area contributed by atoms with E-state index in [-0.39, 0.29) is 16.1 Å². The number of piperidine rings is 2. The monoisotopic (exact) mass is 586 g/mol. The first-order valence-electron chi connectivity index (χ1n) is 17.7. The van der Waals surface area contributed by atoms with Crippen LogP contribution in [0.2, 0.25) is 0 Å². The Kier molecular flexibility index (Phi) is 8.94. The summed E-state index contributed by atoms with van der Waals surface area (Å²) in [4.78, 5) is 27.0. The van der Waals surface area contributed by atoms with Crippen LogP contribution in [0.4, 0.5) is 0 Å². The maximum absolute atomic E-state index is 13.3. The molecule has 10 fully saturated rings. The van der Waals surface area contributed by atoms with Crippen molar-refractivity contribution in [3.8, 4) is 0 Å². The van der Waals surface area contributed by atoms with E-state index in [9.17, 15) is 9.59 Å². The van der Waals surface area contributed by atoms with E-state index in [1.165, 1.54) is 83.7 Å². The summed E-state index contributed by atoms with van der Waals surface area (Å²) < 4.78 is 0. The minimum absolute atomic E-state index is 0.0356. The van der Waals surface area contributed by atoms with E-state index in [1.54, 1.807) is 0 Å². The van der Waals surface area contributed by atoms with E-state index in [2.05, 4.69) is 37.9 Å². The third kappa shape index (κ3) is 6.59. The smallest absolute Gasteiger partial charge is 0.228 e. The van der Waals surface area contributed by atoms with Crippen LogP contribution in [0, 0.1) is 70.0 Å². The van der Waals surface area contributed by atoms with E-state index in [0.29, 0.717) is 17.7 Å². The van der Waals surface area contributed by atoms with Crippen LogP contribution in [0.25, 0.3) is 0 Å². The predicted molar refractivity (Wildman–Crippen MR) is 167 cm³/mol. The fourth-order valence-electron chi connectivity index (χ4n) is 12.3. The summed E-state index contributed by atoms with van der Waals surface area (Å²) in [5.41, 5.74) is 0.00182. The number of amides is 1. The Bertz CT molecular complexity index is 875. The van der Waals surface area contributed by atoms with Crippen molar-refractivity contribution < 1.29 is 9.59 Å². The maximum Gasteiger partial charge on any atom is 0.228 e. The lowest BCUT2D eigenvalue weighted by Gasteiger charge is -2.57. The van der Waals surface area contributed by atoms with Crippen LogP contribution in [0.15, 0.2) is 0 Å². The van der Waals surface area contributed by atoms with Gasteiger partial charge in [-0.15, -0.1) is 0 Å². The Morgan fingerprint density at radius 2 is 0.902 bits per heavy atom. The van der Waals surface area contributed by atoms with Crippen LogP contribution in [0.5, 0.6) is 0 Å². The third-order valence-corrected chi connectivity index (χ3v) is 13.3. The van der Waals surface area contributed by atoms with E-state index in [0.717, 1.165) is 79.7 Å². The van der Waals surface area contributed by atoms with Crippen molar-refractivity contribution in [2.24, 2.45) is 70.0 Å². The molecule has 0 aromatic rings. The summed E-state index contributed by atoms with van der Waals surface area (Å²) in [5, 5.41) is 3.35. The molecule has 2 saturated heterocycles. The molecule has 4 nitrogen and oxygen atoms in total. The van der Waals surface area contributed by atoms with Crippen molar-refractivity contribution in [1.29, 1.82) is 0 Å². The molecule has 0 radical (unpaired) electrons. The van der Waals surface area contributed by atoms with Crippen LogP contribution in [-0.4, -0.2) is 42.2 Å². The van der Waals surface area contributed by atoms with Crippen molar-refractivity contribution in [1.82, 2.24) is 10.2 Å². The number of likely N-dealkylation sites (tertiary alicyclic amines) is 1. The Morgan fingerprint density at radius 3 is 1.22 bits per heavy atom. The second kappa shape index (κ2) is 12.1. The Morgan fingerprint density at radius 1 is 0.561 bits per heavy atom. The zero-order valence-electron chi connectivity index (χ0n) is 26.6. The molecule has 8 saturated carbocycles. The number of hydrogen-bond acceptors (Lipinski definition) is 3. The molecule has 10 aliphatic rings. The zero-order valence-corrected chi connectivity index (χ0v) is 27.4. The number of nitrogens with zero attached hydrogens (tertiary/aromatic N) is 1. The van der Waals surface area contributed by atoms with Gasteiger partial charge < -0.3 is 10.2 Å². The molecule has 1 amide bonds. The molecule has 1 N–H and O–H groups in total. The topological polar surface area (TPSA) is 49.4 Å². The molecule has 8 bridgehead atoms. The van der Waals surface area contributed by atoms with Gasteiger partial charge in [-0.3, -0.25) is 9.59 Å². The van der Waals surface area contributed by atoms with Crippen molar-refractivity contribution in [2.45, 2.75) is 118 Å². The van der Waals surface area contributed by atoms with E-state index in [1.807, 2.05) is 0 Å². The third-order valence-electron chi connectivity index (χ3n) is 12.9. The molecule has 4 atom stereocenters. The quantitative estimate of drug-likeness (QED) is 0.334. The number of hydrogen-bond donors (Lipinski definition) is 1. The van der Waals surface area contributed by atoms with Crippen LogP contribution in [-0.2, 0) is 9.59 Å². The molecular formula is C36H59ClN2O2. The standard InChI is InChI=1S/C18H29NO.C11H15ClO.C7H15N/c1-12-3-13(2)11-19(10-12)17(20)18-7-14-4-15(8-18)6-16(5-14)9-18;12-10(13)11-4-7-1-8(5-11)3-9(2-7)6-11;1-6-3-7(2)5-8-4-6/h12-16H,3-11H2,1-2H3;7-9H,1-6H2;6-8H,3-5H2,1-2H3. The van der Waals surface area contributed by atoms with E-state index >= 15 is 0 Å². The van der Waals surface area contributed by atoms with Gasteiger partial charge in [0.2, 0.25) is 11.1 Å². The molecule has 4 unspecified atom stereocenters. The van der Waals surface area contributed by atoms with Crippen LogP contribution >= 0.6 is 11.6 Å². The summed E-state index contributed by atoms with van der Waals surface area (Å²) in [7, 11) is 0. The maximum atomic E-state index is 13.3. The van der Waals surface area contributed by atoms with Gasteiger partial charge in [-0.05, 0) is 174 Å². The minimum Gasteiger partial charge on any atom is -0.342 e. The predicted octanol–water partition coefficient (Wildman–Crippen LogP) is 7.93. The molecule has 8 aliphatic carbocycles. The van der Waals surface area contributed by atoms with Crippen LogP contribution < -0.4 is 5.32 Å². The van der Waals surface area contributed by atoms with Crippen molar-refractivity contribution in [3.05, 3.63) is 0 Å². The first-order valence-corrected chi connectivity index (χ1v) is 18.1. The lowest BCUT2D eigenvalue weighted by molar-refractivity contribution is -0.160. The highest BCUT2D eigenvalue weighted by Crippen LogP contribution is 2.61. The SMILES string of the molecule is CC1CC(C)CN(C(=O)C23CC4CC(CC(C4)C2)C3)C1.CC1CNCC(C)C1.O=C(Cl)C12CC3CC(CC(C3)C1)C2.